The molecule has 0 saturated heterocycles. The van der Waals surface area contributed by atoms with Crippen molar-refractivity contribution in [3.63, 3.8) is 0 Å². The molecule has 14 heavy (non-hydrogen) atoms. The van der Waals surface area contributed by atoms with Crippen molar-refractivity contribution in [2.24, 2.45) is 0 Å². The standard InChI is InChI=1S/C8H15BrF3NO/c1-7(5-9)13-3-2-4-14-6-8(10,11)12/h7,13H,2-6H2,1H3. The van der Waals surface area contributed by atoms with Crippen LogP contribution in [0.1, 0.15) is 13.3 Å². The maximum Gasteiger partial charge on any atom is 0.411 e. The fraction of sp³-hybridized carbons (Fsp3) is 1.00. The van der Waals surface area contributed by atoms with Crippen LogP contribution in [0.5, 0.6) is 0 Å². The van der Waals surface area contributed by atoms with Crippen LogP contribution in [0.15, 0.2) is 0 Å². The molecular formula is C8H15BrF3NO. The number of alkyl halides is 4. The summed E-state index contributed by atoms with van der Waals surface area (Å²) >= 11 is 3.28. The van der Waals surface area contributed by atoms with E-state index in [2.05, 4.69) is 26.0 Å². The van der Waals surface area contributed by atoms with E-state index in [1.807, 2.05) is 6.92 Å². The summed E-state index contributed by atoms with van der Waals surface area (Å²) in [5.74, 6) is 0. The van der Waals surface area contributed by atoms with Crippen LogP contribution in [0.3, 0.4) is 0 Å². The molecule has 0 aromatic rings. The predicted molar refractivity (Wildman–Crippen MR) is 52.7 cm³/mol. The number of rotatable bonds is 7. The molecule has 2 nitrogen and oxygen atoms in total. The zero-order valence-corrected chi connectivity index (χ0v) is 9.62. The minimum atomic E-state index is -4.21. The summed E-state index contributed by atoms with van der Waals surface area (Å²) in [4.78, 5) is 0. The molecule has 0 rings (SSSR count). The second-order valence-corrected chi connectivity index (χ2v) is 3.68. The number of hydrogen-bond acceptors (Lipinski definition) is 2. The Bertz CT molecular complexity index is 143. The Balaban J connectivity index is 3.14. The summed E-state index contributed by atoms with van der Waals surface area (Å²) in [6, 6.07) is 0.331. The molecule has 0 bridgehead atoms. The quantitative estimate of drug-likeness (QED) is 0.570. The van der Waals surface area contributed by atoms with Crippen LogP contribution in [0.2, 0.25) is 0 Å². The molecule has 86 valence electrons. The van der Waals surface area contributed by atoms with Gasteiger partial charge in [0.15, 0.2) is 0 Å². The van der Waals surface area contributed by atoms with E-state index in [4.69, 9.17) is 0 Å². The Hall–Kier alpha value is 0.190. The lowest BCUT2D eigenvalue weighted by atomic mass is 10.3. The van der Waals surface area contributed by atoms with Gasteiger partial charge in [-0.2, -0.15) is 13.2 Å². The first-order chi connectivity index (χ1) is 6.45. The maximum absolute atomic E-state index is 11.6. The molecule has 0 amide bonds. The second kappa shape index (κ2) is 7.48. The van der Waals surface area contributed by atoms with Crippen molar-refractivity contribution in [3.8, 4) is 0 Å². The van der Waals surface area contributed by atoms with E-state index in [0.717, 1.165) is 5.33 Å². The van der Waals surface area contributed by atoms with E-state index in [-0.39, 0.29) is 6.61 Å². The molecule has 1 N–H and O–H groups in total. The third kappa shape index (κ3) is 10.3. The molecule has 0 spiro atoms. The monoisotopic (exact) mass is 277 g/mol. The average Bonchev–Trinajstić information content (AvgIpc) is 2.08. The van der Waals surface area contributed by atoms with Gasteiger partial charge in [0.2, 0.25) is 0 Å². The van der Waals surface area contributed by atoms with Gasteiger partial charge in [0, 0.05) is 18.0 Å². The van der Waals surface area contributed by atoms with Gasteiger partial charge >= 0.3 is 6.18 Å². The summed E-state index contributed by atoms with van der Waals surface area (Å²) in [5.41, 5.74) is 0. The van der Waals surface area contributed by atoms with Crippen molar-refractivity contribution in [2.75, 3.05) is 25.1 Å². The third-order valence-corrected chi connectivity index (χ3v) is 2.43. The highest BCUT2D eigenvalue weighted by molar-refractivity contribution is 9.09. The highest BCUT2D eigenvalue weighted by Gasteiger charge is 2.27. The fourth-order valence-corrected chi connectivity index (χ4v) is 0.994. The van der Waals surface area contributed by atoms with Crippen molar-refractivity contribution in [3.05, 3.63) is 0 Å². The molecule has 0 saturated carbocycles. The van der Waals surface area contributed by atoms with Gasteiger partial charge in [0.25, 0.3) is 0 Å². The lowest BCUT2D eigenvalue weighted by molar-refractivity contribution is -0.173. The van der Waals surface area contributed by atoms with Gasteiger partial charge in [-0.3, -0.25) is 0 Å². The Labute approximate surface area is 90.3 Å². The van der Waals surface area contributed by atoms with E-state index in [1.54, 1.807) is 0 Å². The average molecular weight is 278 g/mol. The highest BCUT2D eigenvalue weighted by atomic mass is 79.9. The van der Waals surface area contributed by atoms with Crippen LogP contribution in [0, 0.1) is 0 Å². The fourth-order valence-electron chi connectivity index (χ4n) is 0.765. The van der Waals surface area contributed by atoms with E-state index < -0.39 is 12.8 Å². The number of hydrogen-bond donors (Lipinski definition) is 1. The Morgan fingerprint density at radius 1 is 1.43 bits per heavy atom. The SMILES string of the molecule is CC(CBr)NCCCOCC(F)(F)F. The minimum absolute atomic E-state index is 0.140. The molecule has 0 heterocycles. The molecule has 6 heteroatoms. The van der Waals surface area contributed by atoms with E-state index in [1.165, 1.54) is 0 Å². The third-order valence-electron chi connectivity index (χ3n) is 1.46. The summed E-state index contributed by atoms with van der Waals surface area (Å²) in [6.07, 6.45) is -3.62. The van der Waals surface area contributed by atoms with Crippen LogP contribution >= 0.6 is 15.9 Å². The number of nitrogens with one attached hydrogen (secondary N) is 1. The number of ether oxygens (including phenoxy) is 1. The molecule has 0 aromatic carbocycles. The Morgan fingerprint density at radius 3 is 2.57 bits per heavy atom. The zero-order chi connectivity index (χ0) is 11.0. The first-order valence-corrected chi connectivity index (χ1v) is 5.51. The second-order valence-electron chi connectivity index (χ2n) is 3.03. The van der Waals surface area contributed by atoms with Gasteiger partial charge in [-0.1, -0.05) is 15.9 Å². The van der Waals surface area contributed by atoms with Gasteiger partial charge in [0.05, 0.1) is 0 Å². The molecule has 0 aliphatic rings. The first-order valence-electron chi connectivity index (χ1n) is 4.39. The molecule has 0 aliphatic heterocycles. The Kier molecular flexibility index (Phi) is 7.58. The minimum Gasteiger partial charge on any atom is -0.372 e. The smallest absolute Gasteiger partial charge is 0.372 e. The zero-order valence-electron chi connectivity index (χ0n) is 8.03. The van der Waals surface area contributed by atoms with Gasteiger partial charge in [-0.15, -0.1) is 0 Å². The lowest BCUT2D eigenvalue weighted by Gasteiger charge is -2.11. The van der Waals surface area contributed by atoms with Gasteiger partial charge in [0.1, 0.15) is 6.61 Å². The van der Waals surface area contributed by atoms with Gasteiger partial charge in [-0.05, 0) is 19.9 Å². The van der Waals surface area contributed by atoms with Crippen molar-refractivity contribution >= 4 is 15.9 Å². The van der Waals surface area contributed by atoms with Gasteiger partial charge < -0.3 is 10.1 Å². The van der Waals surface area contributed by atoms with E-state index in [0.29, 0.717) is 19.0 Å². The molecule has 0 radical (unpaired) electrons. The van der Waals surface area contributed by atoms with Crippen molar-refractivity contribution in [1.29, 1.82) is 0 Å². The molecule has 0 fully saturated rings. The first kappa shape index (κ1) is 14.2. The van der Waals surface area contributed by atoms with Crippen molar-refractivity contribution < 1.29 is 17.9 Å². The summed E-state index contributed by atoms with van der Waals surface area (Å²) in [7, 11) is 0. The predicted octanol–water partition coefficient (Wildman–Crippen LogP) is 2.33. The van der Waals surface area contributed by atoms with Crippen molar-refractivity contribution in [1.82, 2.24) is 5.32 Å². The molecule has 1 atom stereocenters. The van der Waals surface area contributed by atoms with Crippen LogP contribution in [0.4, 0.5) is 13.2 Å². The van der Waals surface area contributed by atoms with Crippen LogP contribution in [0.25, 0.3) is 0 Å². The van der Waals surface area contributed by atoms with E-state index >= 15 is 0 Å². The van der Waals surface area contributed by atoms with Crippen LogP contribution < -0.4 is 5.32 Å². The maximum atomic E-state index is 11.6. The molecule has 0 aliphatic carbocycles. The Morgan fingerprint density at radius 2 is 2.07 bits per heavy atom. The summed E-state index contributed by atoms with van der Waals surface area (Å²) in [6.45, 7) is 1.65. The molecular weight excluding hydrogens is 263 g/mol. The van der Waals surface area contributed by atoms with Crippen molar-refractivity contribution in [2.45, 2.75) is 25.6 Å². The highest BCUT2D eigenvalue weighted by Crippen LogP contribution is 2.14. The largest absolute Gasteiger partial charge is 0.411 e. The summed E-state index contributed by atoms with van der Waals surface area (Å²) < 4.78 is 39.2. The van der Waals surface area contributed by atoms with E-state index in [9.17, 15) is 13.2 Å². The molecule has 0 aromatic heterocycles. The topological polar surface area (TPSA) is 21.3 Å². The normalized spacial score (nSPS) is 14.4. The van der Waals surface area contributed by atoms with Gasteiger partial charge in [-0.25, -0.2) is 0 Å². The summed E-state index contributed by atoms with van der Waals surface area (Å²) in [5, 5.41) is 3.95. The molecule has 1 unspecified atom stereocenters. The lowest BCUT2D eigenvalue weighted by Crippen LogP contribution is -2.29. The van der Waals surface area contributed by atoms with Crippen LogP contribution in [-0.4, -0.2) is 37.3 Å². The number of halogens is 4. The van der Waals surface area contributed by atoms with Crippen LogP contribution in [-0.2, 0) is 4.74 Å².